The molecule has 2 aromatic rings. The van der Waals surface area contributed by atoms with E-state index < -0.39 is 0 Å². The van der Waals surface area contributed by atoms with E-state index in [1.165, 1.54) is 0 Å². The zero-order valence-corrected chi connectivity index (χ0v) is 10.4. The van der Waals surface area contributed by atoms with E-state index >= 15 is 0 Å². The highest BCUT2D eigenvalue weighted by atomic mass is 16.1. The van der Waals surface area contributed by atoms with Gasteiger partial charge >= 0.3 is 0 Å². The van der Waals surface area contributed by atoms with E-state index in [1.54, 1.807) is 0 Å². The van der Waals surface area contributed by atoms with E-state index in [9.17, 15) is 4.79 Å². The van der Waals surface area contributed by atoms with Gasteiger partial charge in [0.25, 0.3) is 0 Å². The van der Waals surface area contributed by atoms with Gasteiger partial charge in [0.2, 0.25) is 0 Å². The average Bonchev–Trinajstić information content (AvgIpc) is 2.68. The maximum atomic E-state index is 10.8. The van der Waals surface area contributed by atoms with Crippen molar-refractivity contribution >= 4 is 17.6 Å². The van der Waals surface area contributed by atoms with Gasteiger partial charge in [-0.25, -0.2) is 4.52 Å². The van der Waals surface area contributed by atoms with Crippen LogP contribution in [0.5, 0.6) is 0 Å². The molecule has 4 nitrogen and oxygen atoms in total. The second-order valence-corrected chi connectivity index (χ2v) is 4.54. The Bertz CT molecular complexity index is 530. The molecule has 0 aliphatic carbocycles. The summed E-state index contributed by atoms with van der Waals surface area (Å²) < 4.78 is 1.86. The van der Waals surface area contributed by atoms with E-state index in [2.05, 4.69) is 5.10 Å². The molecule has 17 heavy (non-hydrogen) atoms. The second-order valence-electron chi connectivity index (χ2n) is 4.54. The number of anilines is 1. The summed E-state index contributed by atoms with van der Waals surface area (Å²) in [6.45, 7) is 1.93. The standard InChI is InChI=1S/C13H17N3O/c1-10(9-17)8-11-12-6-4-5-7-16(12)14-13(11)15(2)3/h4-7,9-10H,8H2,1-3H3. The van der Waals surface area contributed by atoms with Gasteiger partial charge in [0.05, 0.1) is 5.52 Å². The number of carbonyl (C=O) groups is 1. The first-order chi connectivity index (χ1) is 8.13. The predicted octanol–water partition coefficient (Wildman–Crippen LogP) is 1.78. The van der Waals surface area contributed by atoms with Crippen LogP contribution in [0.1, 0.15) is 12.5 Å². The smallest absolute Gasteiger partial charge is 0.154 e. The molecule has 0 saturated carbocycles. The van der Waals surface area contributed by atoms with Crippen molar-refractivity contribution in [1.82, 2.24) is 9.61 Å². The Morgan fingerprint density at radius 2 is 2.24 bits per heavy atom. The normalized spacial score (nSPS) is 12.6. The molecule has 0 spiro atoms. The van der Waals surface area contributed by atoms with Crippen LogP contribution in [-0.2, 0) is 11.2 Å². The number of nitrogens with zero attached hydrogens (tertiary/aromatic N) is 3. The summed E-state index contributed by atoms with van der Waals surface area (Å²) in [6, 6.07) is 5.98. The Morgan fingerprint density at radius 1 is 1.47 bits per heavy atom. The van der Waals surface area contributed by atoms with Crippen molar-refractivity contribution in [3.8, 4) is 0 Å². The highest BCUT2D eigenvalue weighted by Gasteiger charge is 2.16. The third kappa shape index (κ3) is 2.16. The van der Waals surface area contributed by atoms with Crippen LogP contribution in [0.15, 0.2) is 24.4 Å². The van der Waals surface area contributed by atoms with Gasteiger partial charge in [-0.2, -0.15) is 0 Å². The van der Waals surface area contributed by atoms with Crippen LogP contribution in [0.2, 0.25) is 0 Å². The molecule has 1 unspecified atom stereocenters. The van der Waals surface area contributed by atoms with E-state index in [4.69, 9.17) is 0 Å². The first-order valence-corrected chi connectivity index (χ1v) is 5.72. The van der Waals surface area contributed by atoms with E-state index in [1.807, 2.05) is 54.8 Å². The van der Waals surface area contributed by atoms with Gasteiger partial charge in [0, 0.05) is 31.8 Å². The molecule has 2 aromatic heterocycles. The Balaban J connectivity index is 2.55. The lowest BCUT2D eigenvalue weighted by Crippen LogP contribution is -2.12. The molecule has 1 atom stereocenters. The fourth-order valence-electron chi connectivity index (χ4n) is 1.96. The highest BCUT2D eigenvalue weighted by Crippen LogP contribution is 2.24. The molecule has 0 bridgehead atoms. The maximum absolute atomic E-state index is 10.8. The topological polar surface area (TPSA) is 37.6 Å². The summed E-state index contributed by atoms with van der Waals surface area (Å²) in [5.74, 6) is 0.951. The summed E-state index contributed by atoms with van der Waals surface area (Å²) in [6.07, 6.45) is 3.65. The maximum Gasteiger partial charge on any atom is 0.154 e. The summed E-state index contributed by atoms with van der Waals surface area (Å²) in [7, 11) is 3.94. The van der Waals surface area contributed by atoms with Gasteiger partial charge in [-0.1, -0.05) is 13.0 Å². The molecule has 0 radical (unpaired) electrons. The number of fused-ring (bicyclic) bond motifs is 1. The molecule has 0 aliphatic rings. The van der Waals surface area contributed by atoms with Gasteiger partial charge in [-0.05, 0) is 18.6 Å². The molecule has 2 heterocycles. The van der Waals surface area contributed by atoms with Crippen LogP contribution in [0.3, 0.4) is 0 Å². The molecule has 0 N–H and O–H groups in total. The van der Waals surface area contributed by atoms with Crippen molar-refractivity contribution in [2.45, 2.75) is 13.3 Å². The summed E-state index contributed by atoms with van der Waals surface area (Å²) in [5.41, 5.74) is 2.21. The van der Waals surface area contributed by atoms with Gasteiger partial charge < -0.3 is 9.69 Å². The number of aldehydes is 1. The van der Waals surface area contributed by atoms with Crippen molar-refractivity contribution in [2.24, 2.45) is 5.92 Å². The van der Waals surface area contributed by atoms with E-state index in [0.717, 1.165) is 29.6 Å². The average molecular weight is 231 g/mol. The SMILES string of the molecule is CC(C=O)Cc1c(N(C)C)nn2ccccc12. The van der Waals surface area contributed by atoms with Crippen molar-refractivity contribution < 1.29 is 4.79 Å². The lowest BCUT2D eigenvalue weighted by Gasteiger charge is -2.11. The van der Waals surface area contributed by atoms with E-state index in [-0.39, 0.29) is 5.92 Å². The van der Waals surface area contributed by atoms with Crippen molar-refractivity contribution in [3.05, 3.63) is 30.0 Å². The number of pyridine rings is 1. The fourth-order valence-corrected chi connectivity index (χ4v) is 1.96. The minimum Gasteiger partial charge on any atom is -0.361 e. The molecule has 0 amide bonds. The lowest BCUT2D eigenvalue weighted by molar-refractivity contribution is -0.110. The Labute approximate surface area is 101 Å². The van der Waals surface area contributed by atoms with E-state index in [0.29, 0.717) is 0 Å². The molecule has 90 valence electrons. The van der Waals surface area contributed by atoms with Gasteiger partial charge in [-0.15, -0.1) is 5.10 Å². The van der Waals surface area contributed by atoms with Gasteiger partial charge in [0.15, 0.2) is 5.82 Å². The van der Waals surface area contributed by atoms with Crippen LogP contribution in [0, 0.1) is 5.92 Å². The molecule has 0 aliphatic heterocycles. The second kappa shape index (κ2) is 4.57. The van der Waals surface area contributed by atoms with Crippen LogP contribution in [0.4, 0.5) is 5.82 Å². The van der Waals surface area contributed by atoms with Crippen LogP contribution < -0.4 is 4.90 Å². The van der Waals surface area contributed by atoms with Gasteiger partial charge in [-0.3, -0.25) is 0 Å². The highest BCUT2D eigenvalue weighted by molar-refractivity contribution is 5.67. The number of hydrogen-bond donors (Lipinski definition) is 0. The van der Waals surface area contributed by atoms with Crippen molar-refractivity contribution in [1.29, 1.82) is 0 Å². The molecular weight excluding hydrogens is 214 g/mol. The third-order valence-corrected chi connectivity index (χ3v) is 2.80. The van der Waals surface area contributed by atoms with Crippen molar-refractivity contribution in [2.75, 3.05) is 19.0 Å². The molecule has 0 fully saturated rings. The number of aromatic nitrogens is 2. The number of carbonyl (C=O) groups excluding carboxylic acids is 1. The zero-order valence-electron chi connectivity index (χ0n) is 10.4. The summed E-state index contributed by atoms with van der Waals surface area (Å²) in [5, 5.41) is 4.53. The molecular formula is C13H17N3O. The molecule has 2 rings (SSSR count). The molecule has 4 heteroatoms. The first kappa shape index (κ1) is 11.6. The van der Waals surface area contributed by atoms with Crippen LogP contribution >= 0.6 is 0 Å². The molecule has 0 saturated heterocycles. The zero-order chi connectivity index (χ0) is 12.4. The predicted molar refractivity (Wildman–Crippen MR) is 68.5 cm³/mol. The largest absolute Gasteiger partial charge is 0.361 e. The Morgan fingerprint density at radius 3 is 2.88 bits per heavy atom. The first-order valence-electron chi connectivity index (χ1n) is 5.72. The lowest BCUT2D eigenvalue weighted by atomic mass is 10.0. The van der Waals surface area contributed by atoms with Crippen molar-refractivity contribution in [3.63, 3.8) is 0 Å². The minimum atomic E-state index is 0.0157. The summed E-state index contributed by atoms with van der Waals surface area (Å²) in [4.78, 5) is 12.8. The quantitative estimate of drug-likeness (QED) is 0.753. The molecule has 0 aromatic carbocycles. The van der Waals surface area contributed by atoms with Crippen LogP contribution in [0.25, 0.3) is 5.52 Å². The number of rotatable bonds is 4. The summed E-state index contributed by atoms with van der Waals surface area (Å²) >= 11 is 0. The third-order valence-electron chi connectivity index (χ3n) is 2.80. The van der Waals surface area contributed by atoms with Crippen LogP contribution in [-0.4, -0.2) is 30.0 Å². The fraction of sp³-hybridized carbons (Fsp3) is 0.385. The monoisotopic (exact) mass is 231 g/mol. The number of hydrogen-bond acceptors (Lipinski definition) is 3. The minimum absolute atomic E-state index is 0.0157. The van der Waals surface area contributed by atoms with Gasteiger partial charge in [0.1, 0.15) is 6.29 Å². The Hall–Kier alpha value is -1.84. The Kier molecular flexibility index (Phi) is 3.13.